The number of hydrogen-bond donors (Lipinski definition) is 0. The van der Waals surface area contributed by atoms with Crippen molar-refractivity contribution in [1.82, 2.24) is 0 Å². The molecule has 0 fully saturated rings. The molecule has 3 aromatic rings. The van der Waals surface area contributed by atoms with Gasteiger partial charge in [0.2, 0.25) is 0 Å². The summed E-state index contributed by atoms with van der Waals surface area (Å²) in [6, 6.07) is 16.3. The van der Waals surface area contributed by atoms with Gasteiger partial charge >= 0.3 is 29.6 Å². The first-order valence-corrected chi connectivity index (χ1v) is 8.62. The second-order valence-corrected chi connectivity index (χ2v) is 6.63. The summed E-state index contributed by atoms with van der Waals surface area (Å²) in [5.41, 5.74) is 3.37. The third kappa shape index (κ3) is 4.53. The van der Waals surface area contributed by atoms with Crippen molar-refractivity contribution in [2.75, 3.05) is 19.0 Å². The number of nitrogens with zero attached hydrogens (tertiary/aromatic N) is 1. The Morgan fingerprint density at radius 3 is 2.18 bits per heavy atom. The number of benzene rings is 3. The van der Waals surface area contributed by atoms with Crippen molar-refractivity contribution in [3.63, 3.8) is 0 Å². The number of ketones is 1. The number of carboxylic acid groups (broad SMARTS) is 1. The van der Waals surface area contributed by atoms with Gasteiger partial charge in [0.25, 0.3) is 0 Å². The molecule has 0 saturated carbocycles. The molecule has 28 heavy (non-hydrogen) atoms. The van der Waals surface area contributed by atoms with Crippen molar-refractivity contribution < 1.29 is 44.3 Å². The van der Waals surface area contributed by atoms with E-state index >= 15 is 0 Å². The smallest absolute Gasteiger partial charge is 0.545 e. The minimum absolute atomic E-state index is 0. The predicted octanol–water partition coefficient (Wildman–Crippen LogP) is 0.478. The molecule has 0 bridgehead atoms. The Bertz CT molecular complexity index is 1050. The number of fused-ring (bicyclic) bond motifs is 1. The molecule has 0 aromatic heterocycles. The van der Waals surface area contributed by atoms with Gasteiger partial charge in [-0.15, -0.1) is 0 Å². The Hall–Kier alpha value is -2.40. The summed E-state index contributed by atoms with van der Waals surface area (Å²) in [6.07, 6.45) is 3.27. The molecule has 3 aromatic carbocycles. The molecule has 5 heteroatoms. The zero-order valence-electron chi connectivity index (χ0n) is 16.5. The summed E-state index contributed by atoms with van der Waals surface area (Å²) < 4.78 is 0. The van der Waals surface area contributed by atoms with Gasteiger partial charge < -0.3 is 14.8 Å². The van der Waals surface area contributed by atoms with Crippen LogP contribution in [0.1, 0.15) is 31.8 Å². The molecule has 136 valence electrons. The third-order valence-corrected chi connectivity index (χ3v) is 4.57. The Labute approximate surface area is 186 Å². The van der Waals surface area contributed by atoms with E-state index in [0.29, 0.717) is 16.3 Å². The van der Waals surface area contributed by atoms with Crippen LogP contribution in [0.4, 0.5) is 5.69 Å². The first-order valence-electron chi connectivity index (χ1n) is 8.62. The van der Waals surface area contributed by atoms with Gasteiger partial charge in [-0.1, -0.05) is 42.5 Å². The average molecular weight is 381 g/mol. The summed E-state index contributed by atoms with van der Waals surface area (Å²) in [4.78, 5) is 26.2. The van der Waals surface area contributed by atoms with Gasteiger partial charge in [-0.25, -0.2) is 0 Å². The van der Waals surface area contributed by atoms with E-state index in [-0.39, 0.29) is 40.9 Å². The van der Waals surface area contributed by atoms with Crippen molar-refractivity contribution in [3.8, 4) is 0 Å². The van der Waals surface area contributed by atoms with Crippen LogP contribution >= 0.6 is 0 Å². The summed E-state index contributed by atoms with van der Waals surface area (Å²) in [6.45, 7) is 1.82. The largest absolute Gasteiger partial charge is 1.00 e. The molecular weight excluding hydrogens is 361 g/mol. The molecule has 0 atom stereocenters. The second kappa shape index (κ2) is 9.20. The second-order valence-electron chi connectivity index (χ2n) is 6.63. The summed E-state index contributed by atoms with van der Waals surface area (Å²) >= 11 is 0. The van der Waals surface area contributed by atoms with Crippen LogP contribution < -0.4 is 39.6 Å². The molecule has 0 spiro atoms. The number of rotatable bonds is 5. The molecule has 0 saturated heterocycles. The zero-order chi connectivity index (χ0) is 19.6. The van der Waals surface area contributed by atoms with Crippen molar-refractivity contribution in [1.29, 1.82) is 0 Å². The third-order valence-electron chi connectivity index (χ3n) is 4.57. The molecule has 0 aliphatic rings. The standard InChI is InChI=1S/C23H21NO3.Na/c1-15-5-4-6-19-18(12-13-20(22(15)19)23(26)27)21(25)14-9-16-7-10-17(11-8-16)24(2)3;/h4-14H,1-3H3,(H,26,27);/q;+1/p-1/b14-9+;. The topological polar surface area (TPSA) is 60.4 Å². The normalized spacial score (nSPS) is 10.7. The van der Waals surface area contributed by atoms with Crippen LogP contribution in [-0.4, -0.2) is 25.8 Å². The fourth-order valence-electron chi connectivity index (χ4n) is 3.12. The van der Waals surface area contributed by atoms with Crippen molar-refractivity contribution >= 4 is 34.3 Å². The van der Waals surface area contributed by atoms with E-state index in [1.807, 2.05) is 62.3 Å². The molecular formula is C23H20NNaO3. The van der Waals surface area contributed by atoms with E-state index in [1.54, 1.807) is 18.2 Å². The molecule has 0 aliphatic heterocycles. The minimum atomic E-state index is -1.25. The fourth-order valence-corrected chi connectivity index (χ4v) is 3.12. The van der Waals surface area contributed by atoms with Crippen LogP contribution in [0.2, 0.25) is 0 Å². The van der Waals surface area contributed by atoms with Gasteiger partial charge in [-0.3, -0.25) is 4.79 Å². The van der Waals surface area contributed by atoms with Gasteiger partial charge in [-0.05, 0) is 53.1 Å². The zero-order valence-corrected chi connectivity index (χ0v) is 18.5. The number of anilines is 1. The number of hydrogen-bond acceptors (Lipinski definition) is 4. The van der Waals surface area contributed by atoms with Crippen LogP contribution in [0.15, 0.2) is 60.7 Å². The van der Waals surface area contributed by atoms with Crippen LogP contribution in [0, 0.1) is 6.92 Å². The van der Waals surface area contributed by atoms with Gasteiger partial charge in [0.15, 0.2) is 5.78 Å². The summed E-state index contributed by atoms with van der Waals surface area (Å²) in [5.74, 6) is -1.42. The van der Waals surface area contributed by atoms with E-state index in [9.17, 15) is 14.7 Å². The summed E-state index contributed by atoms with van der Waals surface area (Å²) in [5, 5.41) is 12.6. The molecule has 0 radical (unpaired) electrons. The van der Waals surface area contributed by atoms with Crippen LogP contribution in [0.5, 0.6) is 0 Å². The van der Waals surface area contributed by atoms with Crippen LogP contribution in [0.25, 0.3) is 16.8 Å². The number of aryl methyl sites for hydroxylation is 1. The monoisotopic (exact) mass is 381 g/mol. The summed E-state index contributed by atoms with van der Waals surface area (Å²) in [7, 11) is 3.94. The first kappa shape index (κ1) is 21.9. The van der Waals surface area contributed by atoms with Crippen molar-refractivity contribution in [2.45, 2.75) is 6.92 Å². The Morgan fingerprint density at radius 2 is 1.57 bits per heavy atom. The first-order chi connectivity index (χ1) is 12.9. The van der Waals surface area contributed by atoms with E-state index in [0.717, 1.165) is 16.8 Å². The average Bonchev–Trinajstić information content (AvgIpc) is 2.65. The number of allylic oxidation sites excluding steroid dienone is 1. The minimum Gasteiger partial charge on any atom is -0.545 e. The molecule has 0 unspecified atom stereocenters. The van der Waals surface area contributed by atoms with E-state index in [2.05, 4.69) is 0 Å². The van der Waals surface area contributed by atoms with Gasteiger partial charge in [0.05, 0.1) is 5.97 Å². The molecule has 4 nitrogen and oxygen atoms in total. The Morgan fingerprint density at radius 1 is 0.929 bits per heavy atom. The quantitative estimate of drug-likeness (QED) is 0.366. The van der Waals surface area contributed by atoms with Crippen molar-refractivity contribution in [2.24, 2.45) is 0 Å². The Kier molecular flexibility index (Phi) is 7.19. The van der Waals surface area contributed by atoms with E-state index in [4.69, 9.17) is 0 Å². The molecule has 0 amide bonds. The Balaban J connectivity index is 0.00000280. The van der Waals surface area contributed by atoms with Crippen LogP contribution in [0.3, 0.4) is 0 Å². The van der Waals surface area contributed by atoms with Gasteiger partial charge in [-0.2, -0.15) is 0 Å². The predicted molar refractivity (Wildman–Crippen MR) is 107 cm³/mol. The fraction of sp³-hybridized carbons (Fsp3) is 0.130. The molecule has 3 rings (SSSR count). The molecule has 0 N–H and O–H groups in total. The SMILES string of the molecule is Cc1cccc2c(C(=O)/C=C/c3ccc(N(C)C)cc3)ccc(C(=O)[O-])c12.[Na+]. The number of aromatic carboxylic acids is 1. The maximum atomic E-state index is 12.7. The number of carbonyl (C=O) groups excluding carboxylic acids is 2. The van der Waals surface area contributed by atoms with E-state index < -0.39 is 5.97 Å². The molecule has 0 aliphatic carbocycles. The molecule has 0 heterocycles. The maximum Gasteiger partial charge on any atom is 1.00 e. The maximum absolute atomic E-state index is 12.7. The van der Waals surface area contributed by atoms with Gasteiger partial charge in [0.1, 0.15) is 0 Å². The number of carboxylic acids is 1. The van der Waals surface area contributed by atoms with Gasteiger partial charge in [0, 0.05) is 30.9 Å². The van der Waals surface area contributed by atoms with E-state index in [1.165, 1.54) is 12.1 Å². The number of carbonyl (C=O) groups is 2. The van der Waals surface area contributed by atoms with Crippen LogP contribution in [-0.2, 0) is 0 Å². The van der Waals surface area contributed by atoms with Crippen molar-refractivity contribution in [3.05, 3.63) is 82.9 Å².